The molecule has 1 rings (SSSR count). The van der Waals surface area contributed by atoms with Crippen LogP contribution < -0.4 is 5.56 Å². The molecule has 0 aliphatic heterocycles. The number of ketones is 1. The molecule has 0 saturated carbocycles. The number of aromatic nitrogens is 1. The zero-order valence-corrected chi connectivity index (χ0v) is 9.26. The molecule has 0 aliphatic rings. The van der Waals surface area contributed by atoms with Crippen molar-refractivity contribution in [2.45, 2.75) is 19.9 Å². The Labute approximate surface area is 91.3 Å². The number of Topliss-reactive ketones (excluding diaryl/α,β-unsaturated/α-hetero) is 1. The van der Waals surface area contributed by atoms with E-state index in [0.29, 0.717) is 5.02 Å². The van der Waals surface area contributed by atoms with Gasteiger partial charge in [-0.25, -0.2) is 0 Å². The van der Waals surface area contributed by atoms with Crippen LogP contribution in [0.25, 0.3) is 0 Å². The molecule has 14 heavy (non-hydrogen) atoms. The van der Waals surface area contributed by atoms with Crippen LogP contribution in [0.3, 0.4) is 0 Å². The van der Waals surface area contributed by atoms with E-state index in [1.807, 2.05) is 0 Å². The third-order valence-electron chi connectivity index (χ3n) is 1.97. The van der Waals surface area contributed by atoms with Crippen molar-refractivity contribution in [1.29, 1.82) is 0 Å². The van der Waals surface area contributed by atoms with Gasteiger partial charge in [0.25, 0.3) is 5.56 Å². The number of pyridine rings is 1. The van der Waals surface area contributed by atoms with E-state index in [1.165, 1.54) is 23.8 Å². The summed E-state index contributed by atoms with van der Waals surface area (Å²) in [6.07, 6.45) is 1.40. The summed E-state index contributed by atoms with van der Waals surface area (Å²) in [6.45, 7) is 3.03. The molecule has 1 atom stereocenters. The molecule has 0 bridgehead atoms. The van der Waals surface area contributed by atoms with Gasteiger partial charge in [-0.15, -0.1) is 0 Å². The zero-order valence-electron chi connectivity index (χ0n) is 7.75. The molecule has 0 spiro atoms. The minimum atomic E-state index is -0.543. The monoisotopic (exact) mass is 233 g/mol. The van der Waals surface area contributed by atoms with Crippen LogP contribution in [0.4, 0.5) is 0 Å². The summed E-state index contributed by atoms with van der Waals surface area (Å²) in [7, 11) is 0. The second-order valence-corrected chi connectivity index (χ2v) is 3.85. The highest BCUT2D eigenvalue weighted by Gasteiger charge is 2.13. The Morgan fingerprint density at radius 1 is 1.50 bits per heavy atom. The normalized spacial score (nSPS) is 12.6. The summed E-state index contributed by atoms with van der Waals surface area (Å²) in [5, 5.41) is 0.355. The van der Waals surface area contributed by atoms with Crippen LogP contribution in [-0.2, 0) is 4.79 Å². The molecular weight excluding hydrogens is 225 g/mol. The molecule has 3 nitrogen and oxygen atoms in total. The van der Waals surface area contributed by atoms with Crippen molar-refractivity contribution in [1.82, 2.24) is 4.57 Å². The van der Waals surface area contributed by atoms with Crippen LogP contribution in [0.2, 0.25) is 10.0 Å². The van der Waals surface area contributed by atoms with E-state index >= 15 is 0 Å². The fraction of sp³-hybridized carbons (Fsp3) is 0.333. The van der Waals surface area contributed by atoms with Crippen LogP contribution in [0.1, 0.15) is 19.9 Å². The van der Waals surface area contributed by atoms with Crippen LogP contribution in [-0.4, -0.2) is 10.4 Å². The number of carbonyl (C=O) groups excluding carboxylic acids is 1. The first kappa shape index (κ1) is 11.3. The molecule has 0 saturated heterocycles. The van der Waals surface area contributed by atoms with Crippen LogP contribution >= 0.6 is 23.2 Å². The lowest BCUT2D eigenvalue weighted by molar-refractivity contribution is -0.119. The van der Waals surface area contributed by atoms with E-state index in [-0.39, 0.29) is 10.8 Å². The fourth-order valence-corrected chi connectivity index (χ4v) is 1.50. The molecule has 0 radical (unpaired) electrons. The summed E-state index contributed by atoms with van der Waals surface area (Å²) in [5.74, 6) is -0.120. The van der Waals surface area contributed by atoms with Gasteiger partial charge >= 0.3 is 0 Å². The van der Waals surface area contributed by atoms with Crippen LogP contribution in [0.15, 0.2) is 17.1 Å². The largest absolute Gasteiger partial charge is 0.303 e. The summed E-state index contributed by atoms with van der Waals surface area (Å²) in [6, 6.07) is 0.813. The number of carbonyl (C=O) groups is 1. The van der Waals surface area contributed by atoms with E-state index in [2.05, 4.69) is 0 Å². The predicted molar refractivity (Wildman–Crippen MR) is 56.1 cm³/mol. The molecular formula is C9H9Cl2NO2. The van der Waals surface area contributed by atoms with Crippen molar-refractivity contribution in [2.24, 2.45) is 0 Å². The number of hydrogen-bond acceptors (Lipinski definition) is 2. The molecule has 1 heterocycles. The smallest absolute Gasteiger partial charge is 0.270 e. The fourth-order valence-electron chi connectivity index (χ4n) is 1.02. The maximum atomic E-state index is 11.5. The van der Waals surface area contributed by atoms with Gasteiger partial charge in [0.05, 0.1) is 11.1 Å². The van der Waals surface area contributed by atoms with Gasteiger partial charge in [0.2, 0.25) is 0 Å². The van der Waals surface area contributed by atoms with E-state index in [9.17, 15) is 9.59 Å². The first-order valence-electron chi connectivity index (χ1n) is 4.01. The van der Waals surface area contributed by atoms with E-state index < -0.39 is 11.6 Å². The Balaban J connectivity index is 3.34. The number of rotatable bonds is 2. The predicted octanol–water partition coefficient (Wildman–Crippen LogP) is 2.31. The van der Waals surface area contributed by atoms with Crippen molar-refractivity contribution < 1.29 is 4.79 Å². The molecule has 1 aromatic rings. The minimum Gasteiger partial charge on any atom is -0.303 e. The summed E-state index contributed by atoms with van der Waals surface area (Å²) >= 11 is 11.4. The van der Waals surface area contributed by atoms with E-state index in [1.54, 1.807) is 6.92 Å². The van der Waals surface area contributed by atoms with Crippen LogP contribution in [0, 0.1) is 0 Å². The first-order valence-corrected chi connectivity index (χ1v) is 4.76. The van der Waals surface area contributed by atoms with E-state index in [4.69, 9.17) is 23.2 Å². The lowest BCUT2D eigenvalue weighted by Crippen LogP contribution is -2.26. The molecule has 0 N–H and O–H groups in total. The highest BCUT2D eigenvalue weighted by atomic mass is 35.5. The van der Waals surface area contributed by atoms with Gasteiger partial charge in [-0.3, -0.25) is 9.59 Å². The summed E-state index contributed by atoms with van der Waals surface area (Å²) in [4.78, 5) is 22.6. The van der Waals surface area contributed by atoms with Gasteiger partial charge < -0.3 is 4.57 Å². The van der Waals surface area contributed by atoms with Gasteiger partial charge in [-0.2, -0.15) is 0 Å². The van der Waals surface area contributed by atoms with Crippen molar-refractivity contribution in [3.8, 4) is 0 Å². The molecule has 1 aromatic heterocycles. The second-order valence-electron chi connectivity index (χ2n) is 3.01. The Morgan fingerprint density at radius 3 is 2.57 bits per heavy atom. The standard InChI is InChI=1S/C9H9Cl2NO2/c1-5(6(2)13)12-4-7(10)3-8(11)9(12)14/h3-5H,1-2H3. The van der Waals surface area contributed by atoms with Crippen LogP contribution in [0.5, 0.6) is 0 Å². The quantitative estimate of drug-likeness (QED) is 0.787. The zero-order chi connectivity index (χ0) is 10.9. The van der Waals surface area contributed by atoms with E-state index in [0.717, 1.165) is 0 Å². The number of nitrogens with zero attached hydrogens (tertiary/aromatic N) is 1. The SMILES string of the molecule is CC(=O)C(C)n1cc(Cl)cc(Cl)c1=O. The lowest BCUT2D eigenvalue weighted by atomic mass is 10.2. The second kappa shape index (κ2) is 4.15. The average Bonchev–Trinajstić information content (AvgIpc) is 2.09. The maximum Gasteiger partial charge on any atom is 0.270 e. The average molecular weight is 234 g/mol. The number of halogens is 2. The van der Waals surface area contributed by atoms with Crippen molar-refractivity contribution >= 4 is 29.0 Å². The highest BCUT2D eigenvalue weighted by molar-refractivity contribution is 6.34. The van der Waals surface area contributed by atoms with Crippen molar-refractivity contribution in [3.05, 3.63) is 32.7 Å². The molecule has 76 valence electrons. The molecule has 0 aliphatic carbocycles. The van der Waals surface area contributed by atoms with Gasteiger partial charge in [0.15, 0.2) is 5.78 Å². The Bertz CT molecular complexity index is 425. The van der Waals surface area contributed by atoms with Crippen molar-refractivity contribution in [2.75, 3.05) is 0 Å². The third kappa shape index (κ3) is 2.16. The topological polar surface area (TPSA) is 39.1 Å². The Morgan fingerprint density at radius 2 is 2.07 bits per heavy atom. The molecule has 5 heteroatoms. The molecule has 0 fully saturated rings. The third-order valence-corrected chi connectivity index (χ3v) is 2.45. The van der Waals surface area contributed by atoms with Gasteiger partial charge in [0, 0.05) is 6.20 Å². The summed E-state index contributed by atoms with van der Waals surface area (Å²) < 4.78 is 1.23. The molecule has 1 unspecified atom stereocenters. The van der Waals surface area contributed by atoms with Gasteiger partial charge in [0.1, 0.15) is 5.02 Å². The molecule has 0 aromatic carbocycles. The Hall–Kier alpha value is -0.800. The minimum absolute atomic E-state index is 0.0191. The first-order chi connectivity index (χ1) is 6.43. The lowest BCUT2D eigenvalue weighted by Gasteiger charge is -2.12. The highest BCUT2D eigenvalue weighted by Crippen LogP contribution is 2.14. The summed E-state index contributed by atoms with van der Waals surface area (Å²) in [5.41, 5.74) is -0.404. The maximum absolute atomic E-state index is 11.5. The van der Waals surface area contributed by atoms with Crippen molar-refractivity contribution in [3.63, 3.8) is 0 Å². The van der Waals surface area contributed by atoms with Gasteiger partial charge in [-0.1, -0.05) is 23.2 Å². The number of hydrogen-bond donors (Lipinski definition) is 0. The molecule has 0 amide bonds. The Kier molecular flexibility index (Phi) is 3.34. The van der Waals surface area contributed by atoms with Gasteiger partial charge in [-0.05, 0) is 19.9 Å².